The zero-order valence-electron chi connectivity index (χ0n) is 26.2. The van der Waals surface area contributed by atoms with Crippen LogP contribution in [0.5, 0.6) is 11.5 Å². The minimum Gasteiger partial charge on any atom is -0.493 e. The van der Waals surface area contributed by atoms with Gasteiger partial charge in [-0.2, -0.15) is 0 Å². The molecular formula is C37H50N3O3+. The van der Waals surface area contributed by atoms with E-state index in [4.69, 9.17) is 9.47 Å². The largest absolute Gasteiger partial charge is 0.493 e. The van der Waals surface area contributed by atoms with E-state index in [1.165, 1.54) is 70.6 Å². The van der Waals surface area contributed by atoms with E-state index in [9.17, 15) is 4.79 Å². The summed E-state index contributed by atoms with van der Waals surface area (Å²) < 4.78 is 15.9. The molecule has 0 bridgehead atoms. The molecule has 0 aliphatic rings. The molecule has 1 N–H and O–H groups in total. The molecule has 4 aromatic rings. The van der Waals surface area contributed by atoms with Crippen molar-refractivity contribution in [2.45, 2.75) is 96.9 Å². The third kappa shape index (κ3) is 10.8. The highest BCUT2D eigenvalue weighted by molar-refractivity contribution is 5.93. The highest BCUT2D eigenvalue weighted by atomic mass is 16.5. The number of nitrogens with zero attached hydrogens (tertiary/aromatic N) is 2. The summed E-state index contributed by atoms with van der Waals surface area (Å²) in [6, 6.07) is 19.9. The number of ether oxygens (including phenoxy) is 2. The molecule has 4 rings (SSSR count). The molecule has 2 heterocycles. The Morgan fingerprint density at radius 1 is 0.814 bits per heavy atom. The molecule has 2 aromatic carbocycles. The number of carbonyl (C=O) groups is 1. The number of carbonyl (C=O) groups excluding carboxylic acids is 1. The number of aromatic nitrogens is 2. The van der Waals surface area contributed by atoms with Crippen molar-refractivity contribution in [3.8, 4) is 11.5 Å². The van der Waals surface area contributed by atoms with Gasteiger partial charge in [0, 0.05) is 11.3 Å². The van der Waals surface area contributed by atoms with Gasteiger partial charge in [-0.25, -0.2) is 8.97 Å². The standard InChI is InChI=1S/C37H49N3O3/c1-3-4-5-6-7-8-9-10-11-12-13-18-25-43-36-26-31(22-23-35(36)42-2)27-37(41)38-34-21-15-14-19-32(34)28-39-29-33-20-16-17-24-40(33)30-39/h14-17,19-24,26,29-30H,3-13,18,25,27-28H2,1-2H3/p+1. The zero-order valence-corrected chi connectivity index (χ0v) is 26.2. The molecule has 0 aliphatic carbocycles. The molecule has 0 atom stereocenters. The van der Waals surface area contributed by atoms with Crippen molar-refractivity contribution in [2.24, 2.45) is 0 Å². The molecule has 0 radical (unpaired) electrons. The average Bonchev–Trinajstić information content (AvgIpc) is 3.43. The molecule has 0 fully saturated rings. The summed E-state index contributed by atoms with van der Waals surface area (Å²) in [5.41, 5.74) is 3.90. The van der Waals surface area contributed by atoms with E-state index >= 15 is 0 Å². The number of unbranched alkanes of at least 4 members (excludes halogenated alkanes) is 11. The molecule has 6 nitrogen and oxygen atoms in total. The van der Waals surface area contributed by atoms with Gasteiger partial charge in [-0.05, 0) is 42.3 Å². The van der Waals surface area contributed by atoms with Crippen molar-refractivity contribution in [3.05, 3.63) is 90.5 Å². The SMILES string of the molecule is CCCCCCCCCCCCCCOc1cc(CC(=O)Nc2ccccc2C[n+]2cc3ccccn3c2)ccc1OC. The van der Waals surface area contributed by atoms with Crippen molar-refractivity contribution in [3.63, 3.8) is 0 Å². The van der Waals surface area contributed by atoms with Crippen LogP contribution in [-0.4, -0.2) is 24.0 Å². The first-order valence-electron chi connectivity index (χ1n) is 16.3. The maximum absolute atomic E-state index is 13.1. The smallest absolute Gasteiger partial charge is 0.249 e. The summed E-state index contributed by atoms with van der Waals surface area (Å²) in [6.45, 7) is 3.59. The van der Waals surface area contributed by atoms with Gasteiger partial charge >= 0.3 is 0 Å². The Labute approximate surface area is 258 Å². The number of nitrogens with one attached hydrogen (secondary N) is 1. The molecular weight excluding hydrogens is 534 g/mol. The lowest BCUT2D eigenvalue weighted by molar-refractivity contribution is -0.686. The van der Waals surface area contributed by atoms with Gasteiger partial charge in [0.1, 0.15) is 12.7 Å². The van der Waals surface area contributed by atoms with Crippen molar-refractivity contribution in [1.29, 1.82) is 0 Å². The van der Waals surface area contributed by atoms with E-state index in [1.54, 1.807) is 7.11 Å². The second-order valence-electron chi connectivity index (χ2n) is 11.6. The number of hydrogen-bond acceptors (Lipinski definition) is 3. The van der Waals surface area contributed by atoms with Crippen LogP contribution in [0, 0.1) is 0 Å². The molecule has 43 heavy (non-hydrogen) atoms. The first kappa shape index (κ1) is 32.1. The van der Waals surface area contributed by atoms with Crippen LogP contribution in [0.2, 0.25) is 0 Å². The van der Waals surface area contributed by atoms with E-state index in [-0.39, 0.29) is 12.3 Å². The number of para-hydroxylation sites is 1. The number of benzene rings is 2. The Bertz CT molecular complexity index is 1360. The quantitative estimate of drug-likeness (QED) is 0.0836. The highest BCUT2D eigenvalue weighted by Crippen LogP contribution is 2.29. The van der Waals surface area contributed by atoms with Crippen molar-refractivity contribution in [1.82, 2.24) is 4.40 Å². The number of anilines is 1. The molecule has 0 saturated carbocycles. The van der Waals surface area contributed by atoms with Gasteiger partial charge in [-0.1, -0.05) is 108 Å². The van der Waals surface area contributed by atoms with Gasteiger partial charge in [0.2, 0.25) is 12.2 Å². The topological polar surface area (TPSA) is 55.9 Å². The zero-order chi connectivity index (χ0) is 30.1. The Hall–Kier alpha value is -3.80. The van der Waals surface area contributed by atoms with Crippen molar-refractivity contribution in [2.75, 3.05) is 19.0 Å². The molecule has 0 aliphatic heterocycles. The second kappa shape index (κ2) is 18.0. The van der Waals surface area contributed by atoms with Crippen LogP contribution >= 0.6 is 0 Å². The lowest BCUT2D eigenvalue weighted by atomic mass is 10.1. The monoisotopic (exact) mass is 584 g/mol. The molecule has 1 amide bonds. The third-order valence-corrected chi connectivity index (χ3v) is 7.99. The number of methoxy groups -OCH3 is 1. The summed E-state index contributed by atoms with van der Waals surface area (Å²) in [5, 5.41) is 3.13. The van der Waals surface area contributed by atoms with Crippen LogP contribution < -0.4 is 19.4 Å². The Morgan fingerprint density at radius 3 is 2.23 bits per heavy atom. The van der Waals surface area contributed by atoms with Crippen molar-refractivity contribution >= 4 is 17.1 Å². The number of fused-ring (bicyclic) bond motifs is 1. The van der Waals surface area contributed by atoms with Crippen LogP contribution in [0.4, 0.5) is 5.69 Å². The fraction of sp³-hybridized carbons (Fsp3) is 0.459. The van der Waals surface area contributed by atoms with Gasteiger partial charge in [0.15, 0.2) is 17.0 Å². The number of imidazole rings is 1. The van der Waals surface area contributed by atoms with Crippen LogP contribution in [0.1, 0.15) is 95.1 Å². The van der Waals surface area contributed by atoms with E-state index < -0.39 is 0 Å². The van der Waals surface area contributed by atoms with E-state index in [0.29, 0.717) is 24.7 Å². The summed E-state index contributed by atoms with van der Waals surface area (Å²) in [5.74, 6) is 1.34. The Balaban J connectivity index is 1.20. The Morgan fingerprint density at radius 2 is 1.51 bits per heavy atom. The lowest BCUT2D eigenvalue weighted by Crippen LogP contribution is -2.32. The van der Waals surface area contributed by atoms with Gasteiger partial charge in [0.05, 0.1) is 26.3 Å². The first-order chi connectivity index (χ1) is 21.2. The van der Waals surface area contributed by atoms with Crippen LogP contribution in [0.3, 0.4) is 0 Å². The van der Waals surface area contributed by atoms with Crippen LogP contribution in [-0.2, 0) is 17.8 Å². The molecule has 2 aromatic heterocycles. The fourth-order valence-electron chi connectivity index (χ4n) is 5.56. The summed E-state index contributed by atoms with van der Waals surface area (Å²) in [6.07, 6.45) is 22.3. The van der Waals surface area contributed by atoms with Gasteiger partial charge < -0.3 is 14.8 Å². The normalized spacial score (nSPS) is 11.1. The Kier molecular flexibility index (Phi) is 13.4. The summed E-state index contributed by atoms with van der Waals surface area (Å²) >= 11 is 0. The molecule has 230 valence electrons. The number of rotatable bonds is 20. The molecule has 0 spiro atoms. The van der Waals surface area contributed by atoms with Gasteiger partial charge in [0.25, 0.3) is 0 Å². The minimum absolute atomic E-state index is 0.0587. The van der Waals surface area contributed by atoms with Crippen LogP contribution in [0.25, 0.3) is 5.52 Å². The maximum atomic E-state index is 13.1. The highest BCUT2D eigenvalue weighted by Gasteiger charge is 2.13. The second-order valence-corrected chi connectivity index (χ2v) is 11.6. The van der Waals surface area contributed by atoms with Crippen LogP contribution in [0.15, 0.2) is 79.4 Å². The molecule has 0 saturated heterocycles. The van der Waals surface area contributed by atoms with Gasteiger partial charge in [-0.3, -0.25) is 4.79 Å². The van der Waals surface area contributed by atoms with E-state index in [0.717, 1.165) is 28.8 Å². The predicted molar refractivity (Wildman–Crippen MR) is 175 cm³/mol. The maximum Gasteiger partial charge on any atom is 0.249 e. The van der Waals surface area contributed by atoms with Crippen molar-refractivity contribution < 1.29 is 18.8 Å². The molecule has 0 unspecified atom stereocenters. The minimum atomic E-state index is -0.0587. The number of amides is 1. The number of hydrogen-bond donors (Lipinski definition) is 1. The summed E-state index contributed by atoms with van der Waals surface area (Å²) in [7, 11) is 1.65. The lowest BCUT2D eigenvalue weighted by Gasteiger charge is -2.13. The first-order valence-corrected chi connectivity index (χ1v) is 16.3. The predicted octanol–water partition coefficient (Wildman–Crippen LogP) is 8.54. The third-order valence-electron chi connectivity index (χ3n) is 7.99. The molecule has 6 heteroatoms. The van der Waals surface area contributed by atoms with E-state index in [1.807, 2.05) is 54.7 Å². The average molecular weight is 585 g/mol. The van der Waals surface area contributed by atoms with Gasteiger partial charge in [-0.15, -0.1) is 0 Å². The summed E-state index contributed by atoms with van der Waals surface area (Å²) in [4.78, 5) is 13.1. The van der Waals surface area contributed by atoms with E-state index in [2.05, 4.69) is 45.9 Å². The number of pyridine rings is 1. The fourth-order valence-corrected chi connectivity index (χ4v) is 5.56.